The zero-order chi connectivity index (χ0) is 14.3. The Bertz CT molecular complexity index is 398. The van der Waals surface area contributed by atoms with Gasteiger partial charge in [-0.15, -0.1) is 0 Å². The first-order valence-corrected chi connectivity index (χ1v) is 6.21. The fraction of sp³-hybridized carbons (Fsp3) is 0.500. The van der Waals surface area contributed by atoms with Crippen molar-refractivity contribution in [1.29, 1.82) is 0 Å². The number of aliphatic hydroxyl groups excluding tert-OH is 1. The number of hydrogen-bond donors (Lipinski definition) is 2. The summed E-state index contributed by atoms with van der Waals surface area (Å²) in [6, 6.07) is 5.33. The fourth-order valence-corrected chi connectivity index (χ4v) is 1.66. The van der Waals surface area contributed by atoms with E-state index in [0.29, 0.717) is 24.3 Å². The number of amides is 1. The smallest absolute Gasteiger partial charge is 0.220 e. The summed E-state index contributed by atoms with van der Waals surface area (Å²) in [7, 11) is 3.18. The molecule has 1 amide bonds. The standard InChI is InChI=1S/C14H21NO4/c1-10(9-16)15-14(17)5-4-11-6-12(18-2)8-13(7-11)19-3/h6-8,10,16H,4-5,9H2,1-3H3,(H,15,17). The van der Waals surface area contributed by atoms with Gasteiger partial charge in [-0.05, 0) is 31.0 Å². The van der Waals surface area contributed by atoms with E-state index in [1.807, 2.05) is 12.1 Å². The van der Waals surface area contributed by atoms with Gasteiger partial charge in [0, 0.05) is 18.5 Å². The molecule has 2 N–H and O–H groups in total. The van der Waals surface area contributed by atoms with Crippen molar-refractivity contribution in [2.75, 3.05) is 20.8 Å². The summed E-state index contributed by atoms with van der Waals surface area (Å²) in [4.78, 5) is 11.6. The van der Waals surface area contributed by atoms with Crippen LogP contribution in [0.2, 0.25) is 0 Å². The minimum Gasteiger partial charge on any atom is -0.497 e. The lowest BCUT2D eigenvalue weighted by Crippen LogP contribution is -2.35. The van der Waals surface area contributed by atoms with Crippen molar-refractivity contribution < 1.29 is 19.4 Å². The zero-order valence-electron chi connectivity index (χ0n) is 11.6. The normalized spacial score (nSPS) is 11.8. The lowest BCUT2D eigenvalue weighted by atomic mass is 10.1. The first kappa shape index (κ1) is 15.3. The van der Waals surface area contributed by atoms with E-state index < -0.39 is 0 Å². The van der Waals surface area contributed by atoms with Crippen molar-refractivity contribution in [3.05, 3.63) is 23.8 Å². The maximum Gasteiger partial charge on any atom is 0.220 e. The maximum absolute atomic E-state index is 11.6. The van der Waals surface area contributed by atoms with E-state index >= 15 is 0 Å². The predicted octanol–water partition coefficient (Wildman–Crippen LogP) is 1.13. The first-order chi connectivity index (χ1) is 9.08. The summed E-state index contributed by atoms with van der Waals surface area (Å²) in [6.07, 6.45) is 0.957. The van der Waals surface area contributed by atoms with E-state index in [-0.39, 0.29) is 18.6 Å². The van der Waals surface area contributed by atoms with Gasteiger partial charge in [0.05, 0.1) is 20.8 Å². The molecule has 106 valence electrons. The molecule has 0 fully saturated rings. The highest BCUT2D eigenvalue weighted by molar-refractivity contribution is 5.76. The van der Waals surface area contributed by atoms with Crippen LogP contribution in [0, 0.1) is 0 Å². The number of aliphatic hydroxyl groups is 1. The number of benzene rings is 1. The second kappa shape index (κ2) is 7.63. The molecule has 0 radical (unpaired) electrons. The monoisotopic (exact) mass is 267 g/mol. The molecule has 0 aliphatic rings. The molecule has 1 atom stereocenters. The van der Waals surface area contributed by atoms with E-state index in [9.17, 15) is 4.79 Å². The van der Waals surface area contributed by atoms with Crippen LogP contribution in [-0.2, 0) is 11.2 Å². The Morgan fingerprint density at radius 2 is 1.84 bits per heavy atom. The Labute approximate surface area is 113 Å². The molecule has 5 heteroatoms. The van der Waals surface area contributed by atoms with E-state index in [1.165, 1.54) is 0 Å². The molecule has 1 rings (SSSR count). The number of hydrogen-bond acceptors (Lipinski definition) is 4. The van der Waals surface area contributed by atoms with Crippen molar-refractivity contribution in [3.63, 3.8) is 0 Å². The Balaban J connectivity index is 2.59. The van der Waals surface area contributed by atoms with Crippen LogP contribution in [0.4, 0.5) is 0 Å². The molecule has 0 spiro atoms. The average molecular weight is 267 g/mol. The van der Waals surface area contributed by atoms with Gasteiger partial charge in [-0.3, -0.25) is 4.79 Å². The van der Waals surface area contributed by atoms with Crippen LogP contribution in [0.5, 0.6) is 11.5 Å². The average Bonchev–Trinajstić information content (AvgIpc) is 2.44. The summed E-state index contributed by atoms with van der Waals surface area (Å²) in [6.45, 7) is 1.70. The molecule has 0 aliphatic carbocycles. The number of carbonyl (C=O) groups excluding carboxylic acids is 1. The molecular formula is C14H21NO4. The van der Waals surface area contributed by atoms with Gasteiger partial charge in [0.15, 0.2) is 0 Å². The maximum atomic E-state index is 11.6. The molecule has 19 heavy (non-hydrogen) atoms. The Hall–Kier alpha value is -1.75. The van der Waals surface area contributed by atoms with E-state index in [2.05, 4.69) is 5.32 Å². The zero-order valence-corrected chi connectivity index (χ0v) is 11.6. The third kappa shape index (κ3) is 5.18. The molecule has 1 aromatic carbocycles. The van der Waals surface area contributed by atoms with Crippen LogP contribution in [0.1, 0.15) is 18.9 Å². The molecule has 0 aromatic heterocycles. The minimum absolute atomic E-state index is 0.0568. The van der Waals surface area contributed by atoms with Gasteiger partial charge in [0.2, 0.25) is 5.91 Å². The van der Waals surface area contributed by atoms with Crippen molar-refractivity contribution in [2.45, 2.75) is 25.8 Å². The Morgan fingerprint density at radius 3 is 2.32 bits per heavy atom. The van der Waals surface area contributed by atoms with Gasteiger partial charge in [-0.2, -0.15) is 0 Å². The highest BCUT2D eigenvalue weighted by Gasteiger charge is 2.08. The van der Waals surface area contributed by atoms with E-state index in [0.717, 1.165) is 5.56 Å². The van der Waals surface area contributed by atoms with Gasteiger partial charge < -0.3 is 19.9 Å². The predicted molar refractivity (Wildman–Crippen MR) is 72.6 cm³/mol. The molecular weight excluding hydrogens is 246 g/mol. The lowest BCUT2D eigenvalue weighted by molar-refractivity contribution is -0.121. The van der Waals surface area contributed by atoms with Crippen LogP contribution in [0.3, 0.4) is 0 Å². The highest BCUT2D eigenvalue weighted by atomic mass is 16.5. The largest absolute Gasteiger partial charge is 0.497 e. The van der Waals surface area contributed by atoms with Crippen LogP contribution < -0.4 is 14.8 Å². The van der Waals surface area contributed by atoms with E-state index in [1.54, 1.807) is 27.2 Å². The summed E-state index contributed by atoms with van der Waals surface area (Å²) in [5.41, 5.74) is 0.975. The molecule has 0 heterocycles. The van der Waals surface area contributed by atoms with Crippen LogP contribution in [0.25, 0.3) is 0 Å². The highest BCUT2D eigenvalue weighted by Crippen LogP contribution is 2.23. The lowest BCUT2D eigenvalue weighted by Gasteiger charge is -2.11. The minimum atomic E-state index is -0.215. The fourth-order valence-electron chi connectivity index (χ4n) is 1.66. The second-order valence-corrected chi connectivity index (χ2v) is 4.37. The van der Waals surface area contributed by atoms with Crippen molar-refractivity contribution in [2.24, 2.45) is 0 Å². The number of ether oxygens (including phenoxy) is 2. The molecule has 1 unspecified atom stereocenters. The van der Waals surface area contributed by atoms with Crippen molar-refractivity contribution in [1.82, 2.24) is 5.32 Å². The second-order valence-electron chi connectivity index (χ2n) is 4.37. The number of rotatable bonds is 7. The molecule has 5 nitrogen and oxygen atoms in total. The Morgan fingerprint density at radius 1 is 1.26 bits per heavy atom. The van der Waals surface area contributed by atoms with Gasteiger partial charge in [-0.25, -0.2) is 0 Å². The molecule has 0 bridgehead atoms. The number of nitrogens with one attached hydrogen (secondary N) is 1. The molecule has 0 saturated heterocycles. The topological polar surface area (TPSA) is 67.8 Å². The van der Waals surface area contributed by atoms with Crippen molar-refractivity contribution in [3.8, 4) is 11.5 Å². The quantitative estimate of drug-likeness (QED) is 0.777. The molecule has 1 aromatic rings. The van der Waals surface area contributed by atoms with Crippen molar-refractivity contribution >= 4 is 5.91 Å². The van der Waals surface area contributed by atoms with Gasteiger partial charge in [0.25, 0.3) is 0 Å². The summed E-state index contributed by atoms with van der Waals surface area (Å²) >= 11 is 0. The van der Waals surface area contributed by atoms with Gasteiger partial charge in [-0.1, -0.05) is 0 Å². The van der Waals surface area contributed by atoms with Crippen LogP contribution in [0.15, 0.2) is 18.2 Å². The van der Waals surface area contributed by atoms with Crippen LogP contribution >= 0.6 is 0 Å². The summed E-state index contributed by atoms with van der Waals surface area (Å²) in [5, 5.41) is 11.6. The third-order valence-electron chi connectivity index (χ3n) is 2.73. The van der Waals surface area contributed by atoms with E-state index in [4.69, 9.17) is 14.6 Å². The van der Waals surface area contributed by atoms with Gasteiger partial charge >= 0.3 is 0 Å². The Kier molecular flexibility index (Phi) is 6.15. The number of carbonyl (C=O) groups is 1. The summed E-state index contributed by atoms with van der Waals surface area (Å²) < 4.78 is 10.3. The van der Waals surface area contributed by atoms with Gasteiger partial charge in [0.1, 0.15) is 11.5 Å². The SMILES string of the molecule is COc1cc(CCC(=O)NC(C)CO)cc(OC)c1. The first-order valence-electron chi connectivity index (χ1n) is 6.21. The summed E-state index contributed by atoms with van der Waals surface area (Å²) in [5.74, 6) is 1.33. The molecule has 0 aliphatic heterocycles. The number of aryl methyl sites for hydroxylation is 1. The third-order valence-corrected chi connectivity index (χ3v) is 2.73. The van der Waals surface area contributed by atoms with Crippen LogP contribution in [-0.4, -0.2) is 37.9 Å². The molecule has 0 saturated carbocycles. The number of methoxy groups -OCH3 is 2.